The van der Waals surface area contributed by atoms with E-state index in [1.807, 2.05) is 0 Å². The molecule has 1 aromatic heterocycles. The second-order valence-electron chi connectivity index (χ2n) is 6.74. The van der Waals surface area contributed by atoms with Crippen molar-refractivity contribution < 1.29 is 23.2 Å². The zero-order valence-corrected chi connectivity index (χ0v) is 19.2. The number of ether oxygens (including phenoxy) is 1. The molecule has 0 bridgehead atoms. The Morgan fingerprint density at radius 3 is 2.33 bits per heavy atom. The molecule has 10 nitrogen and oxygen atoms in total. The van der Waals surface area contributed by atoms with E-state index < -0.39 is 22.5 Å². The van der Waals surface area contributed by atoms with Crippen molar-refractivity contribution in [2.45, 2.75) is 17.9 Å². The van der Waals surface area contributed by atoms with Crippen LogP contribution in [0.25, 0.3) is 5.69 Å². The smallest absolute Gasteiger partial charge is 0.258 e. The van der Waals surface area contributed by atoms with Crippen LogP contribution in [0.4, 0.5) is 0 Å². The maximum Gasteiger partial charge on any atom is 0.258 e. The van der Waals surface area contributed by atoms with Crippen LogP contribution in [0.5, 0.6) is 5.75 Å². The van der Waals surface area contributed by atoms with E-state index >= 15 is 0 Å². The van der Waals surface area contributed by atoms with E-state index in [0.717, 1.165) is 9.99 Å². The molecule has 176 valence electrons. The van der Waals surface area contributed by atoms with Crippen molar-refractivity contribution in [3.8, 4) is 11.4 Å². The molecule has 2 aromatic carbocycles. The first-order valence-electron chi connectivity index (χ1n) is 9.65. The molecule has 33 heavy (non-hydrogen) atoms. The maximum absolute atomic E-state index is 13.2. The van der Waals surface area contributed by atoms with Gasteiger partial charge in [-0.05, 0) is 48.4 Å². The van der Waals surface area contributed by atoms with Crippen LogP contribution in [0.1, 0.15) is 12.0 Å². The Kier molecular flexibility index (Phi) is 9.55. The van der Waals surface area contributed by atoms with Crippen LogP contribution < -0.4 is 10.2 Å². The highest BCUT2D eigenvalue weighted by Gasteiger charge is 2.27. The number of nitrogens with one attached hydrogen (secondary N) is 1. The molecule has 12 heteroatoms. The Morgan fingerprint density at radius 2 is 1.76 bits per heavy atom. The molecule has 0 aliphatic heterocycles. The lowest BCUT2D eigenvalue weighted by molar-refractivity contribution is -0.129. The summed E-state index contributed by atoms with van der Waals surface area (Å²) in [7, 11) is -4.04. The summed E-state index contributed by atoms with van der Waals surface area (Å²) in [5, 5.41) is 16.4. The third-order valence-corrected chi connectivity index (χ3v) is 6.31. The molecular formula is C21H24ClN5O5S. The number of hydrogen-bond donors (Lipinski definition) is 2. The quantitative estimate of drug-likeness (QED) is 0.182. The molecule has 2 N–H and O–H groups in total. The number of hydroxylamine groups is 1. The number of carbonyl (C=O) groups excluding carboxylic acids is 1. The molecule has 0 fully saturated rings. The summed E-state index contributed by atoms with van der Waals surface area (Å²) in [6.07, 6.45) is 5.48. The van der Waals surface area contributed by atoms with Crippen LogP contribution >= 0.6 is 12.4 Å². The zero-order valence-electron chi connectivity index (χ0n) is 17.6. The minimum atomic E-state index is -4.04. The number of rotatable bonds is 11. The molecule has 3 rings (SSSR count). The number of nitrogens with zero attached hydrogens (tertiary/aromatic N) is 4. The van der Waals surface area contributed by atoms with Crippen LogP contribution in [0.2, 0.25) is 0 Å². The number of hydrogen-bond acceptors (Lipinski definition) is 7. The van der Waals surface area contributed by atoms with E-state index in [1.165, 1.54) is 17.6 Å². The van der Waals surface area contributed by atoms with E-state index in [-0.39, 0.29) is 23.8 Å². The van der Waals surface area contributed by atoms with Crippen molar-refractivity contribution in [3.05, 3.63) is 79.4 Å². The Hall–Kier alpha value is -3.25. The molecule has 0 saturated heterocycles. The average Bonchev–Trinajstić information content (AvgIpc) is 3.34. The van der Waals surface area contributed by atoms with Gasteiger partial charge in [0.2, 0.25) is 10.0 Å². The van der Waals surface area contributed by atoms with Gasteiger partial charge in [0.1, 0.15) is 18.4 Å². The van der Waals surface area contributed by atoms with Gasteiger partial charge in [-0.15, -0.1) is 29.2 Å². The Morgan fingerprint density at radius 1 is 1.12 bits per heavy atom. The molecule has 3 aromatic rings. The molecule has 1 heterocycles. The first kappa shape index (κ1) is 26.0. The van der Waals surface area contributed by atoms with Crippen LogP contribution in [0, 0.1) is 0 Å². The summed E-state index contributed by atoms with van der Waals surface area (Å²) in [5.41, 5.74) is 2.93. The Labute approximate surface area is 197 Å². The van der Waals surface area contributed by atoms with Crippen LogP contribution in [0.15, 0.2) is 78.7 Å². The van der Waals surface area contributed by atoms with Crippen LogP contribution in [-0.4, -0.2) is 51.8 Å². The molecule has 0 spiro atoms. The van der Waals surface area contributed by atoms with Crippen molar-refractivity contribution in [1.82, 2.24) is 24.5 Å². The van der Waals surface area contributed by atoms with Gasteiger partial charge in [0.25, 0.3) is 5.91 Å². The number of halogens is 1. The fourth-order valence-electron chi connectivity index (χ4n) is 2.85. The van der Waals surface area contributed by atoms with Crippen molar-refractivity contribution in [2.75, 3.05) is 13.2 Å². The van der Waals surface area contributed by atoms with Gasteiger partial charge in [-0.25, -0.2) is 13.9 Å². The zero-order chi connectivity index (χ0) is 23.0. The minimum absolute atomic E-state index is 0. The van der Waals surface area contributed by atoms with Gasteiger partial charge in [-0.3, -0.25) is 14.6 Å². The first-order valence-corrected chi connectivity index (χ1v) is 11.1. The third-order valence-electron chi connectivity index (χ3n) is 4.51. The van der Waals surface area contributed by atoms with Crippen molar-refractivity contribution in [2.24, 2.45) is 0 Å². The lowest BCUT2D eigenvalue weighted by atomic mass is 10.2. The van der Waals surface area contributed by atoms with E-state index in [1.54, 1.807) is 59.7 Å². The van der Waals surface area contributed by atoms with Gasteiger partial charge in [0.15, 0.2) is 0 Å². The standard InChI is InChI=1S/C21H23N5O5S.ClH/c1-2-3-12-31-19-8-10-20(11-9-19)32(29,30)26(14-21(27)24-28)13-17-4-6-18(7-5-17)25-15-22-23-16-25;/h2,4-11,15-16,28H,1,3,12-14H2,(H,24,27);1H. The lowest BCUT2D eigenvalue weighted by Gasteiger charge is -2.21. The normalized spacial score (nSPS) is 11.0. The highest BCUT2D eigenvalue weighted by molar-refractivity contribution is 7.89. The topological polar surface area (TPSA) is 127 Å². The second-order valence-corrected chi connectivity index (χ2v) is 8.68. The lowest BCUT2D eigenvalue weighted by Crippen LogP contribution is -2.39. The molecule has 0 aliphatic rings. The van der Waals surface area contributed by atoms with Gasteiger partial charge in [0.05, 0.1) is 18.0 Å². The summed E-state index contributed by atoms with van der Waals surface area (Å²) < 4.78 is 34.6. The first-order chi connectivity index (χ1) is 15.4. The monoisotopic (exact) mass is 493 g/mol. The number of benzene rings is 2. The van der Waals surface area contributed by atoms with Gasteiger partial charge in [-0.2, -0.15) is 4.31 Å². The Bertz CT molecular complexity index is 1140. The van der Waals surface area contributed by atoms with Crippen molar-refractivity contribution in [1.29, 1.82) is 0 Å². The Balaban J connectivity index is 0.00000385. The van der Waals surface area contributed by atoms with Crippen molar-refractivity contribution in [3.63, 3.8) is 0 Å². The number of amides is 1. The van der Waals surface area contributed by atoms with Crippen LogP contribution in [0.3, 0.4) is 0 Å². The number of carbonyl (C=O) groups is 1. The van der Waals surface area contributed by atoms with E-state index in [4.69, 9.17) is 9.94 Å². The fraction of sp³-hybridized carbons (Fsp3) is 0.190. The maximum atomic E-state index is 13.2. The highest BCUT2D eigenvalue weighted by atomic mass is 35.5. The summed E-state index contributed by atoms with van der Waals surface area (Å²) >= 11 is 0. The largest absolute Gasteiger partial charge is 0.493 e. The average molecular weight is 494 g/mol. The van der Waals surface area contributed by atoms with E-state index in [2.05, 4.69) is 16.8 Å². The highest BCUT2D eigenvalue weighted by Crippen LogP contribution is 2.22. The predicted octanol–water partition coefficient (Wildman–Crippen LogP) is 2.34. The summed E-state index contributed by atoms with van der Waals surface area (Å²) in [4.78, 5) is 11.8. The molecule has 0 aliphatic carbocycles. The second kappa shape index (κ2) is 12.1. The minimum Gasteiger partial charge on any atom is -0.493 e. The van der Waals surface area contributed by atoms with E-state index in [0.29, 0.717) is 24.3 Å². The van der Waals surface area contributed by atoms with E-state index in [9.17, 15) is 13.2 Å². The van der Waals surface area contributed by atoms with Gasteiger partial charge in [0, 0.05) is 12.2 Å². The van der Waals surface area contributed by atoms with Crippen LogP contribution in [-0.2, 0) is 21.4 Å². The summed E-state index contributed by atoms with van der Waals surface area (Å²) in [6.45, 7) is 3.43. The molecular weight excluding hydrogens is 470 g/mol. The van der Waals surface area contributed by atoms with Gasteiger partial charge >= 0.3 is 0 Å². The van der Waals surface area contributed by atoms with Gasteiger partial charge < -0.3 is 4.74 Å². The molecule has 0 atom stereocenters. The van der Waals surface area contributed by atoms with Gasteiger partial charge in [-0.1, -0.05) is 18.2 Å². The molecule has 1 amide bonds. The van der Waals surface area contributed by atoms with Crippen molar-refractivity contribution >= 4 is 28.3 Å². The summed E-state index contributed by atoms with van der Waals surface area (Å²) in [6, 6.07) is 13.0. The predicted molar refractivity (Wildman–Crippen MR) is 123 cm³/mol. The SMILES string of the molecule is C=CCCOc1ccc(S(=O)(=O)N(CC(=O)NO)Cc2ccc(-n3cnnc3)cc2)cc1.Cl. The third kappa shape index (κ3) is 6.86. The number of aromatic nitrogens is 3. The summed E-state index contributed by atoms with van der Waals surface area (Å²) in [5.74, 6) is -0.325. The fourth-order valence-corrected chi connectivity index (χ4v) is 4.23. The molecule has 0 saturated carbocycles. The molecule has 0 unspecified atom stereocenters. The number of sulfonamides is 1. The molecule has 0 radical (unpaired) electrons.